The summed E-state index contributed by atoms with van der Waals surface area (Å²) in [6, 6.07) is 5.47. The number of aromatic nitrogens is 2. The molecule has 2 N–H and O–H groups in total. The second kappa shape index (κ2) is 5.40. The van der Waals surface area contributed by atoms with E-state index in [0.717, 1.165) is 10.9 Å². The number of hydrogen-bond donors (Lipinski definition) is 2. The molecule has 19 heavy (non-hydrogen) atoms. The summed E-state index contributed by atoms with van der Waals surface area (Å²) < 4.78 is 5.54. The van der Waals surface area contributed by atoms with Crippen LogP contribution >= 0.6 is 0 Å². The van der Waals surface area contributed by atoms with Gasteiger partial charge in [-0.25, -0.2) is 0 Å². The molecular weight excluding hydrogens is 242 g/mol. The summed E-state index contributed by atoms with van der Waals surface area (Å²) in [4.78, 5) is 12.1. The van der Waals surface area contributed by atoms with E-state index in [0.29, 0.717) is 18.7 Å². The summed E-state index contributed by atoms with van der Waals surface area (Å²) in [6.45, 7) is 6.95. The molecule has 1 aromatic carbocycles. The van der Waals surface area contributed by atoms with Crippen molar-refractivity contribution >= 4 is 16.8 Å². The van der Waals surface area contributed by atoms with E-state index in [9.17, 15) is 4.79 Å². The molecule has 0 aliphatic heterocycles. The Morgan fingerprint density at radius 1 is 1.47 bits per heavy atom. The monoisotopic (exact) mass is 261 g/mol. The van der Waals surface area contributed by atoms with E-state index >= 15 is 0 Å². The molecule has 0 unspecified atom stereocenters. The Labute approximate surface area is 112 Å². The first-order chi connectivity index (χ1) is 9.02. The van der Waals surface area contributed by atoms with Gasteiger partial charge >= 0.3 is 0 Å². The Morgan fingerprint density at radius 2 is 2.26 bits per heavy atom. The number of H-pyrrole nitrogens is 1. The Kier molecular flexibility index (Phi) is 3.85. The number of aromatic amines is 1. The zero-order chi connectivity index (χ0) is 13.9. The third-order valence-corrected chi connectivity index (χ3v) is 2.91. The highest BCUT2D eigenvalue weighted by molar-refractivity contribution is 5.97. The number of rotatable bonds is 5. The maximum atomic E-state index is 12.1. The highest BCUT2D eigenvalue weighted by atomic mass is 16.5. The van der Waals surface area contributed by atoms with Gasteiger partial charge in [0.1, 0.15) is 0 Å². The van der Waals surface area contributed by atoms with E-state index in [1.54, 1.807) is 18.3 Å². The van der Waals surface area contributed by atoms with Gasteiger partial charge in [0, 0.05) is 24.1 Å². The van der Waals surface area contributed by atoms with Gasteiger partial charge in [0.05, 0.1) is 17.3 Å². The molecule has 1 aromatic heterocycles. The third-order valence-electron chi connectivity index (χ3n) is 2.91. The van der Waals surface area contributed by atoms with Crippen molar-refractivity contribution in [2.45, 2.75) is 26.4 Å². The normalized spacial score (nSPS) is 11.7. The van der Waals surface area contributed by atoms with Crippen LogP contribution in [0.25, 0.3) is 10.9 Å². The molecule has 0 bridgehead atoms. The van der Waals surface area contributed by atoms with Crippen LogP contribution in [-0.2, 0) is 4.74 Å². The van der Waals surface area contributed by atoms with Gasteiger partial charge in [0.2, 0.25) is 0 Å². The van der Waals surface area contributed by atoms with Gasteiger partial charge in [0.25, 0.3) is 5.91 Å². The van der Waals surface area contributed by atoms with Gasteiger partial charge in [-0.2, -0.15) is 5.10 Å². The van der Waals surface area contributed by atoms with Crippen molar-refractivity contribution < 1.29 is 9.53 Å². The minimum Gasteiger partial charge on any atom is -0.374 e. The van der Waals surface area contributed by atoms with Crippen molar-refractivity contribution in [3.05, 3.63) is 30.0 Å². The van der Waals surface area contributed by atoms with Gasteiger partial charge in [-0.15, -0.1) is 0 Å². The van der Waals surface area contributed by atoms with Gasteiger partial charge < -0.3 is 10.1 Å². The molecular formula is C14H19N3O2. The number of carbonyl (C=O) groups excluding carboxylic acids is 1. The first kappa shape index (κ1) is 13.5. The van der Waals surface area contributed by atoms with Gasteiger partial charge in [-0.3, -0.25) is 9.89 Å². The first-order valence-corrected chi connectivity index (χ1v) is 6.37. The van der Waals surface area contributed by atoms with Crippen molar-refractivity contribution in [1.29, 1.82) is 0 Å². The quantitative estimate of drug-likeness (QED) is 0.866. The molecule has 0 aliphatic carbocycles. The van der Waals surface area contributed by atoms with Crippen LogP contribution in [0.15, 0.2) is 24.4 Å². The average molecular weight is 261 g/mol. The molecule has 5 nitrogen and oxygen atoms in total. The van der Waals surface area contributed by atoms with Crippen LogP contribution in [0, 0.1) is 0 Å². The zero-order valence-corrected chi connectivity index (χ0v) is 11.5. The van der Waals surface area contributed by atoms with Crippen molar-refractivity contribution in [2.75, 3.05) is 13.2 Å². The fraction of sp³-hybridized carbons (Fsp3) is 0.429. The fourth-order valence-corrected chi connectivity index (χ4v) is 1.92. The minimum absolute atomic E-state index is 0.107. The summed E-state index contributed by atoms with van der Waals surface area (Å²) in [6.07, 6.45) is 1.73. The largest absolute Gasteiger partial charge is 0.374 e. The Bertz CT molecular complexity index is 575. The van der Waals surface area contributed by atoms with Gasteiger partial charge in [0.15, 0.2) is 0 Å². The van der Waals surface area contributed by atoms with E-state index in [4.69, 9.17) is 4.74 Å². The number of carbonyl (C=O) groups is 1. The van der Waals surface area contributed by atoms with E-state index in [2.05, 4.69) is 15.5 Å². The Morgan fingerprint density at radius 3 is 3.00 bits per heavy atom. The number of benzene rings is 1. The molecule has 102 valence electrons. The molecule has 0 atom stereocenters. The molecule has 0 spiro atoms. The SMILES string of the molecule is CCOC(C)(C)CNC(=O)c1ccc2cn[nH]c2c1. The molecule has 0 saturated carbocycles. The van der Waals surface area contributed by atoms with Crippen LogP contribution < -0.4 is 5.32 Å². The van der Waals surface area contributed by atoms with Gasteiger partial charge in [-0.05, 0) is 32.9 Å². The molecule has 0 radical (unpaired) electrons. The lowest BCUT2D eigenvalue weighted by molar-refractivity contribution is -0.00815. The molecule has 1 heterocycles. The second-order valence-electron chi connectivity index (χ2n) is 5.05. The highest BCUT2D eigenvalue weighted by Gasteiger charge is 2.19. The van der Waals surface area contributed by atoms with E-state index < -0.39 is 0 Å². The van der Waals surface area contributed by atoms with Gasteiger partial charge in [-0.1, -0.05) is 6.07 Å². The van der Waals surface area contributed by atoms with Crippen LogP contribution in [-0.4, -0.2) is 34.9 Å². The minimum atomic E-state index is -0.359. The molecule has 0 fully saturated rings. The average Bonchev–Trinajstić information content (AvgIpc) is 2.83. The number of fused-ring (bicyclic) bond motifs is 1. The maximum Gasteiger partial charge on any atom is 0.251 e. The van der Waals surface area contributed by atoms with E-state index in [1.165, 1.54) is 0 Å². The number of ether oxygens (including phenoxy) is 1. The molecule has 0 aliphatic rings. The van der Waals surface area contributed by atoms with Crippen molar-refractivity contribution in [3.63, 3.8) is 0 Å². The molecule has 5 heteroatoms. The second-order valence-corrected chi connectivity index (χ2v) is 5.05. The van der Waals surface area contributed by atoms with E-state index in [1.807, 2.05) is 26.8 Å². The maximum absolute atomic E-state index is 12.1. The van der Waals surface area contributed by atoms with Crippen LogP contribution in [0.3, 0.4) is 0 Å². The summed E-state index contributed by atoms with van der Waals surface area (Å²) in [5, 5.41) is 10.7. The third kappa shape index (κ3) is 3.32. The van der Waals surface area contributed by atoms with E-state index in [-0.39, 0.29) is 11.5 Å². The predicted octanol–water partition coefficient (Wildman–Crippen LogP) is 2.11. The summed E-state index contributed by atoms with van der Waals surface area (Å²) in [7, 11) is 0. The number of nitrogens with one attached hydrogen (secondary N) is 2. The summed E-state index contributed by atoms with van der Waals surface area (Å²) in [5.74, 6) is -0.107. The van der Waals surface area contributed by atoms with Crippen molar-refractivity contribution in [3.8, 4) is 0 Å². The summed E-state index contributed by atoms with van der Waals surface area (Å²) >= 11 is 0. The lowest BCUT2D eigenvalue weighted by Gasteiger charge is -2.24. The molecule has 1 amide bonds. The highest BCUT2D eigenvalue weighted by Crippen LogP contribution is 2.13. The van der Waals surface area contributed by atoms with Crippen LogP contribution in [0.5, 0.6) is 0 Å². The number of amides is 1. The summed E-state index contributed by atoms with van der Waals surface area (Å²) in [5.41, 5.74) is 1.11. The molecule has 2 rings (SSSR count). The first-order valence-electron chi connectivity index (χ1n) is 6.37. The molecule has 2 aromatic rings. The number of nitrogens with zero attached hydrogens (tertiary/aromatic N) is 1. The van der Waals surface area contributed by atoms with Crippen LogP contribution in [0.4, 0.5) is 0 Å². The number of hydrogen-bond acceptors (Lipinski definition) is 3. The Hall–Kier alpha value is -1.88. The van der Waals surface area contributed by atoms with Crippen molar-refractivity contribution in [1.82, 2.24) is 15.5 Å². The van der Waals surface area contributed by atoms with Crippen molar-refractivity contribution in [2.24, 2.45) is 0 Å². The lowest BCUT2D eigenvalue weighted by Crippen LogP contribution is -2.40. The predicted molar refractivity (Wildman–Crippen MR) is 74.1 cm³/mol. The lowest BCUT2D eigenvalue weighted by atomic mass is 10.1. The molecule has 0 saturated heterocycles. The smallest absolute Gasteiger partial charge is 0.251 e. The standard InChI is InChI=1S/C14H19N3O2/c1-4-19-14(2,3)9-15-13(18)10-5-6-11-8-16-17-12(11)7-10/h5-8H,4,9H2,1-3H3,(H,15,18)(H,16,17). The van der Waals surface area contributed by atoms with Crippen LogP contribution in [0.2, 0.25) is 0 Å². The van der Waals surface area contributed by atoms with Crippen LogP contribution in [0.1, 0.15) is 31.1 Å². The fourth-order valence-electron chi connectivity index (χ4n) is 1.92. The topological polar surface area (TPSA) is 67.0 Å². The Balaban J connectivity index is 2.03. The zero-order valence-electron chi connectivity index (χ0n) is 11.5.